The van der Waals surface area contributed by atoms with Crippen LogP contribution in [0.2, 0.25) is 0 Å². The number of rotatable bonds is 8. The first-order valence-corrected chi connectivity index (χ1v) is 13.6. The van der Waals surface area contributed by atoms with Crippen molar-refractivity contribution in [2.45, 2.75) is 38.3 Å². The van der Waals surface area contributed by atoms with E-state index in [1.807, 2.05) is 47.5 Å². The first-order chi connectivity index (χ1) is 18.0. The number of halogens is 1. The van der Waals surface area contributed by atoms with E-state index in [-0.39, 0.29) is 42.9 Å². The zero-order chi connectivity index (χ0) is 25.8. The van der Waals surface area contributed by atoms with Gasteiger partial charge in [0.15, 0.2) is 0 Å². The number of thiophene rings is 1. The quantitative estimate of drug-likeness (QED) is 0.417. The molecule has 3 aromatic rings. The number of hydrogen-bond donors (Lipinski definition) is 0. The number of carbonyl (C=O) groups excluding carboxylic acids is 2. The van der Waals surface area contributed by atoms with Gasteiger partial charge in [-0.25, -0.2) is 4.39 Å². The van der Waals surface area contributed by atoms with Crippen molar-refractivity contribution in [3.63, 3.8) is 0 Å². The van der Waals surface area contributed by atoms with E-state index < -0.39 is 0 Å². The second kappa shape index (κ2) is 11.4. The molecule has 1 saturated heterocycles. The molecule has 0 bridgehead atoms. The molecule has 0 N–H and O–H groups in total. The molecule has 1 fully saturated rings. The summed E-state index contributed by atoms with van der Waals surface area (Å²) < 4.78 is 25.1. The van der Waals surface area contributed by atoms with Gasteiger partial charge in [-0.3, -0.25) is 9.59 Å². The fourth-order valence-corrected chi connectivity index (χ4v) is 5.90. The van der Waals surface area contributed by atoms with Gasteiger partial charge < -0.3 is 19.3 Å². The second-order valence-corrected chi connectivity index (χ2v) is 10.6. The van der Waals surface area contributed by atoms with Crippen LogP contribution >= 0.6 is 11.3 Å². The minimum absolute atomic E-state index is 0.0287. The fourth-order valence-electron chi connectivity index (χ4n) is 4.97. The van der Waals surface area contributed by atoms with Gasteiger partial charge in [0.25, 0.3) is 5.91 Å². The molecule has 0 unspecified atom stereocenters. The van der Waals surface area contributed by atoms with Crippen LogP contribution in [0, 0.1) is 12.7 Å². The molecule has 1 aromatic heterocycles. The van der Waals surface area contributed by atoms with Gasteiger partial charge in [-0.05, 0) is 79.6 Å². The molecule has 2 aliphatic heterocycles. The molecule has 2 atom stereocenters. The Bertz CT molecular complexity index is 1220. The Balaban J connectivity index is 1.34. The van der Waals surface area contributed by atoms with Gasteiger partial charge in [0.05, 0.1) is 12.1 Å². The van der Waals surface area contributed by atoms with Crippen LogP contribution in [0.5, 0.6) is 5.75 Å². The summed E-state index contributed by atoms with van der Waals surface area (Å²) in [4.78, 5) is 31.9. The highest BCUT2D eigenvalue weighted by Gasteiger charge is 2.34. The summed E-state index contributed by atoms with van der Waals surface area (Å²) in [5.74, 6) is -0.0727. The van der Waals surface area contributed by atoms with Crippen LogP contribution in [0.15, 0.2) is 60.0 Å². The summed E-state index contributed by atoms with van der Waals surface area (Å²) >= 11 is 1.68. The number of ether oxygens (including phenoxy) is 2. The summed E-state index contributed by atoms with van der Waals surface area (Å²) in [6.45, 7) is 3.81. The molecule has 0 spiro atoms. The lowest BCUT2D eigenvalue weighted by molar-refractivity contribution is -0.135. The van der Waals surface area contributed by atoms with Crippen molar-refractivity contribution in [2.24, 2.45) is 0 Å². The van der Waals surface area contributed by atoms with E-state index in [4.69, 9.17) is 9.47 Å². The molecule has 0 radical (unpaired) electrons. The van der Waals surface area contributed by atoms with Crippen LogP contribution in [-0.2, 0) is 16.0 Å². The minimum atomic E-state index is -0.327. The van der Waals surface area contributed by atoms with Crippen LogP contribution in [0.3, 0.4) is 0 Å². The van der Waals surface area contributed by atoms with Crippen LogP contribution in [-0.4, -0.2) is 60.6 Å². The summed E-state index contributed by atoms with van der Waals surface area (Å²) in [6.07, 6.45) is 2.54. The lowest BCUT2D eigenvalue weighted by Gasteiger charge is -2.37. The first kappa shape index (κ1) is 25.4. The van der Waals surface area contributed by atoms with Gasteiger partial charge in [0, 0.05) is 30.1 Å². The molecule has 0 aliphatic carbocycles. The Labute approximate surface area is 220 Å². The third-order valence-electron chi connectivity index (χ3n) is 7.00. The Morgan fingerprint density at radius 1 is 1.14 bits per heavy atom. The molecule has 2 aliphatic rings. The normalized spacial score (nSPS) is 18.9. The zero-order valence-corrected chi connectivity index (χ0v) is 21.7. The number of carbonyl (C=O) groups is 2. The zero-order valence-electron chi connectivity index (χ0n) is 20.9. The standard InChI is InChI=1S/C29H31FN2O4S/c1-20-4-6-21(7-5-20)29(34)31(17-24-3-2-15-35-24)18-28(33)32-14-12-27-25(13-16-37-27)26(32)19-36-23-10-8-22(30)9-11-23/h4-11,13,16,24,26H,2-3,12,14-15,17-19H2,1H3/t24-,26-/m1/s1. The van der Waals surface area contributed by atoms with E-state index in [9.17, 15) is 14.0 Å². The topological polar surface area (TPSA) is 59.1 Å². The molecule has 194 valence electrons. The van der Waals surface area contributed by atoms with Gasteiger partial charge >= 0.3 is 0 Å². The van der Waals surface area contributed by atoms with E-state index >= 15 is 0 Å². The van der Waals surface area contributed by atoms with Crippen LogP contribution < -0.4 is 4.74 Å². The van der Waals surface area contributed by atoms with E-state index in [0.29, 0.717) is 31.0 Å². The Kier molecular flexibility index (Phi) is 7.86. The Morgan fingerprint density at radius 2 is 1.92 bits per heavy atom. The molecule has 37 heavy (non-hydrogen) atoms. The number of amides is 2. The number of aryl methyl sites for hydroxylation is 1. The molecule has 5 rings (SSSR count). The van der Waals surface area contributed by atoms with Gasteiger partial charge in [0.2, 0.25) is 5.91 Å². The average Bonchev–Trinajstić information content (AvgIpc) is 3.60. The van der Waals surface area contributed by atoms with Gasteiger partial charge in [-0.2, -0.15) is 0 Å². The van der Waals surface area contributed by atoms with Crippen molar-refractivity contribution in [2.75, 3.05) is 32.8 Å². The van der Waals surface area contributed by atoms with Crippen LogP contribution in [0.25, 0.3) is 0 Å². The van der Waals surface area contributed by atoms with Crippen molar-refractivity contribution in [3.8, 4) is 5.75 Å². The molecular formula is C29H31FN2O4S. The molecule has 0 saturated carbocycles. The molecule has 8 heteroatoms. The monoisotopic (exact) mass is 522 g/mol. The smallest absolute Gasteiger partial charge is 0.254 e. The highest BCUT2D eigenvalue weighted by atomic mass is 32.1. The van der Waals surface area contributed by atoms with Crippen LogP contribution in [0.1, 0.15) is 45.2 Å². The SMILES string of the molecule is Cc1ccc(C(=O)N(CC(=O)N2CCc3sccc3[C@H]2COc2ccc(F)cc2)C[C@H]2CCCO2)cc1. The summed E-state index contributed by atoms with van der Waals surface area (Å²) in [5.41, 5.74) is 2.70. The van der Waals surface area contributed by atoms with Crippen molar-refractivity contribution < 1.29 is 23.5 Å². The van der Waals surface area contributed by atoms with E-state index in [1.54, 1.807) is 28.4 Å². The van der Waals surface area contributed by atoms with E-state index in [2.05, 4.69) is 0 Å². The van der Waals surface area contributed by atoms with Gasteiger partial charge in [0.1, 0.15) is 24.7 Å². The highest BCUT2D eigenvalue weighted by Crippen LogP contribution is 2.34. The van der Waals surface area contributed by atoms with E-state index in [0.717, 1.165) is 30.4 Å². The maximum atomic E-state index is 13.8. The van der Waals surface area contributed by atoms with Crippen molar-refractivity contribution in [3.05, 3.63) is 87.4 Å². The summed E-state index contributed by atoms with van der Waals surface area (Å²) in [7, 11) is 0. The molecule has 2 aromatic carbocycles. The molecule has 2 amide bonds. The summed E-state index contributed by atoms with van der Waals surface area (Å²) in [5, 5.41) is 2.04. The number of nitrogens with zero attached hydrogens (tertiary/aromatic N) is 2. The van der Waals surface area contributed by atoms with Gasteiger partial charge in [-0.15, -0.1) is 11.3 Å². The number of benzene rings is 2. The fraction of sp³-hybridized carbons (Fsp3) is 0.379. The van der Waals surface area contributed by atoms with Crippen LogP contribution in [0.4, 0.5) is 4.39 Å². The lowest BCUT2D eigenvalue weighted by Crippen LogP contribution is -2.49. The predicted molar refractivity (Wildman–Crippen MR) is 140 cm³/mol. The third kappa shape index (κ3) is 6.02. The molecular weight excluding hydrogens is 491 g/mol. The van der Waals surface area contributed by atoms with E-state index in [1.165, 1.54) is 17.0 Å². The van der Waals surface area contributed by atoms with Crippen molar-refractivity contribution >= 4 is 23.2 Å². The third-order valence-corrected chi connectivity index (χ3v) is 7.99. The molecule has 6 nitrogen and oxygen atoms in total. The maximum absolute atomic E-state index is 13.8. The summed E-state index contributed by atoms with van der Waals surface area (Å²) in [6, 6.07) is 15.1. The largest absolute Gasteiger partial charge is 0.491 e. The highest BCUT2D eigenvalue weighted by molar-refractivity contribution is 7.10. The lowest BCUT2D eigenvalue weighted by atomic mass is 10.00. The maximum Gasteiger partial charge on any atom is 0.254 e. The Morgan fingerprint density at radius 3 is 2.65 bits per heavy atom. The minimum Gasteiger partial charge on any atom is -0.491 e. The Hall–Kier alpha value is -3.23. The number of hydrogen-bond acceptors (Lipinski definition) is 5. The van der Waals surface area contributed by atoms with Gasteiger partial charge in [-0.1, -0.05) is 17.7 Å². The first-order valence-electron chi connectivity index (χ1n) is 12.7. The average molecular weight is 523 g/mol. The molecule has 3 heterocycles. The van der Waals surface area contributed by atoms with Crippen molar-refractivity contribution in [1.82, 2.24) is 9.80 Å². The second-order valence-electron chi connectivity index (χ2n) is 9.60. The van der Waals surface area contributed by atoms with Crippen molar-refractivity contribution in [1.29, 1.82) is 0 Å². The number of fused-ring (bicyclic) bond motifs is 1. The predicted octanol–water partition coefficient (Wildman–Crippen LogP) is 5.02.